The van der Waals surface area contributed by atoms with Gasteiger partial charge in [-0.1, -0.05) is 12.1 Å². The van der Waals surface area contributed by atoms with Crippen LogP contribution in [0.25, 0.3) is 10.9 Å². The Morgan fingerprint density at radius 1 is 1.12 bits per heavy atom. The highest BCUT2D eigenvalue weighted by Gasteiger charge is 2.15. The fraction of sp³-hybridized carbons (Fsp3) is 0.357. The second-order valence-electron chi connectivity index (χ2n) is 4.67. The SMILES string of the molecule is Cc1ccc2c3c(c(=O)[nH]c2c1)CCCC3. The Labute approximate surface area is 94.3 Å². The molecular weight excluding hydrogens is 198 g/mol. The first-order chi connectivity index (χ1) is 7.75. The maximum atomic E-state index is 11.9. The third-order valence-corrected chi connectivity index (χ3v) is 3.49. The number of hydrogen-bond donors (Lipinski definition) is 1. The first-order valence-corrected chi connectivity index (χ1v) is 5.90. The molecule has 2 aromatic rings. The number of rotatable bonds is 0. The summed E-state index contributed by atoms with van der Waals surface area (Å²) in [5.41, 5.74) is 4.60. The molecule has 0 aliphatic heterocycles. The molecule has 0 spiro atoms. The average molecular weight is 213 g/mol. The van der Waals surface area contributed by atoms with E-state index in [1.165, 1.54) is 22.9 Å². The van der Waals surface area contributed by atoms with Crippen LogP contribution in [0.3, 0.4) is 0 Å². The van der Waals surface area contributed by atoms with Gasteiger partial charge in [0.2, 0.25) is 0 Å². The van der Waals surface area contributed by atoms with Crippen LogP contribution in [0.2, 0.25) is 0 Å². The normalized spacial score (nSPS) is 15.1. The Bertz CT molecular complexity index is 610. The fourth-order valence-corrected chi connectivity index (χ4v) is 2.68. The zero-order chi connectivity index (χ0) is 11.1. The smallest absolute Gasteiger partial charge is 0.251 e. The molecular formula is C14H15NO. The van der Waals surface area contributed by atoms with E-state index in [1.807, 2.05) is 0 Å². The Balaban J connectivity index is 2.42. The number of H-pyrrole nitrogens is 1. The lowest BCUT2D eigenvalue weighted by Crippen LogP contribution is -2.19. The van der Waals surface area contributed by atoms with Crippen LogP contribution in [0, 0.1) is 6.92 Å². The van der Waals surface area contributed by atoms with Crippen LogP contribution in [0.1, 0.15) is 29.5 Å². The maximum absolute atomic E-state index is 11.9. The van der Waals surface area contributed by atoms with E-state index >= 15 is 0 Å². The highest BCUT2D eigenvalue weighted by Crippen LogP contribution is 2.25. The summed E-state index contributed by atoms with van der Waals surface area (Å²) in [5.74, 6) is 0. The number of aromatic nitrogens is 1. The van der Waals surface area contributed by atoms with E-state index in [-0.39, 0.29) is 5.56 Å². The number of aromatic amines is 1. The highest BCUT2D eigenvalue weighted by molar-refractivity contribution is 5.83. The van der Waals surface area contributed by atoms with E-state index in [9.17, 15) is 4.79 Å². The summed E-state index contributed by atoms with van der Waals surface area (Å²) in [7, 11) is 0. The molecule has 0 fully saturated rings. The highest BCUT2D eigenvalue weighted by atomic mass is 16.1. The van der Waals surface area contributed by atoms with Gasteiger partial charge in [0.05, 0.1) is 0 Å². The van der Waals surface area contributed by atoms with E-state index in [4.69, 9.17) is 0 Å². The van der Waals surface area contributed by atoms with Crippen molar-refractivity contribution in [1.29, 1.82) is 0 Å². The molecule has 16 heavy (non-hydrogen) atoms. The Kier molecular flexibility index (Phi) is 2.10. The molecule has 3 rings (SSSR count). The fourth-order valence-electron chi connectivity index (χ4n) is 2.68. The summed E-state index contributed by atoms with van der Waals surface area (Å²) in [4.78, 5) is 14.9. The van der Waals surface area contributed by atoms with Crippen LogP contribution < -0.4 is 5.56 Å². The van der Waals surface area contributed by atoms with Crippen molar-refractivity contribution >= 4 is 10.9 Å². The summed E-state index contributed by atoms with van der Waals surface area (Å²) in [6, 6.07) is 6.33. The van der Waals surface area contributed by atoms with Crippen molar-refractivity contribution < 1.29 is 0 Å². The van der Waals surface area contributed by atoms with Gasteiger partial charge in [-0.25, -0.2) is 0 Å². The van der Waals surface area contributed by atoms with Gasteiger partial charge < -0.3 is 4.98 Å². The van der Waals surface area contributed by atoms with Gasteiger partial charge in [0, 0.05) is 16.5 Å². The third kappa shape index (κ3) is 1.37. The maximum Gasteiger partial charge on any atom is 0.251 e. The standard InChI is InChI=1S/C14H15NO/c1-9-6-7-11-10-4-2-3-5-12(10)14(16)15-13(11)8-9/h6-8H,2-5H2,1H3,(H,15,16). The molecule has 0 bridgehead atoms. The number of fused-ring (bicyclic) bond motifs is 3. The lowest BCUT2D eigenvalue weighted by atomic mass is 9.90. The van der Waals surface area contributed by atoms with E-state index in [1.54, 1.807) is 0 Å². The number of pyridine rings is 1. The van der Waals surface area contributed by atoms with E-state index in [0.717, 1.165) is 30.3 Å². The number of hydrogen-bond acceptors (Lipinski definition) is 1. The monoisotopic (exact) mass is 213 g/mol. The molecule has 1 aromatic carbocycles. The van der Waals surface area contributed by atoms with Crippen molar-refractivity contribution in [1.82, 2.24) is 4.98 Å². The molecule has 1 N–H and O–H groups in total. The largest absolute Gasteiger partial charge is 0.322 e. The van der Waals surface area contributed by atoms with Crippen molar-refractivity contribution in [2.45, 2.75) is 32.6 Å². The minimum absolute atomic E-state index is 0.118. The molecule has 0 atom stereocenters. The first kappa shape index (κ1) is 9.64. The van der Waals surface area contributed by atoms with Crippen LogP contribution in [0.4, 0.5) is 0 Å². The van der Waals surface area contributed by atoms with Crippen molar-refractivity contribution in [2.24, 2.45) is 0 Å². The van der Waals surface area contributed by atoms with E-state index < -0.39 is 0 Å². The number of benzene rings is 1. The van der Waals surface area contributed by atoms with Gasteiger partial charge in [-0.2, -0.15) is 0 Å². The van der Waals surface area contributed by atoms with Crippen LogP contribution >= 0.6 is 0 Å². The first-order valence-electron chi connectivity index (χ1n) is 5.90. The minimum Gasteiger partial charge on any atom is -0.322 e. The minimum atomic E-state index is 0.118. The van der Waals surface area contributed by atoms with E-state index in [2.05, 4.69) is 30.1 Å². The van der Waals surface area contributed by atoms with Crippen LogP contribution in [-0.4, -0.2) is 4.98 Å². The van der Waals surface area contributed by atoms with Crippen LogP contribution in [0.5, 0.6) is 0 Å². The molecule has 2 heteroatoms. The van der Waals surface area contributed by atoms with Gasteiger partial charge in [0.1, 0.15) is 0 Å². The number of nitrogens with one attached hydrogen (secondary N) is 1. The molecule has 0 saturated heterocycles. The Morgan fingerprint density at radius 3 is 2.69 bits per heavy atom. The van der Waals surface area contributed by atoms with E-state index in [0.29, 0.717) is 0 Å². The molecule has 0 unspecified atom stereocenters. The van der Waals surface area contributed by atoms with Crippen LogP contribution in [-0.2, 0) is 12.8 Å². The average Bonchev–Trinajstić information content (AvgIpc) is 2.29. The summed E-state index contributed by atoms with van der Waals surface area (Å²) >= 11 is 0. The molecule has 0 radical (unpaired) electrons. The predicted octanol–water partition coefficient (Wildman–Crippen LogP) is 2.72. The molecule has 1 aromatic heterocycles. The second-order valence-corrected chi connectivity index (χ2v) is 4.67. The van der Waals surface area contributed by atoms with Gasteiger partial charge in [-0.3, -0.25) is 4.79 Å². The summed E-state index contributed by atoms with van der Waals surface area (Å²) in [6.45, 7) is 2.05. The summed E-state index contributed by atoms with van der Waals surface area (Å²) in [5, 5.41) is 1.24. The molecule has 2 nitrogen and oxygen atoms in total. The van der Waals surface area contributed by atoms with Gasteiger partial charge in [0.25, 0.3) is 5.56 Å². The predicted molar refractivity (Wildman–Crippen MR) is 65.9 cm³/mol. The van der Waals surface area contributed by atoms with Gasteiger partial charge >= 0.3 is 0 Å². The summed E-state index contributed by atoms with van der Waals surface area (Å²) < 4.78 is 0. The molecule has 0 saturated carbocycles. The van der Waals surface area contributed by atoms with Crippen molar-refractivity contribution in [2.75, 3.05) is 0 Å². The lowest BCUT2D eigenvalue weighted by Gasteiger charge is -2.17. The van der Waals surface area contributed by atoms with Crippen molar-refractivity contribution in [3.63, 3.8) is 0 Å². The van der Waals surface area contributed by atoms with Crippen LogP contribution in [0.15, 0.2) is 23.0 Å². The number of aryl methyl sites for hydroxylation is 2. The lowest BCUT2D eigenvalue weighted by molar-refractivity contribution is 0.682. The molecule has 0 amide bonds. The Hall–Kier alpha value is -1.57. The third-order valence-electron chi connectivity index (χ3n) is 3.49. The quantitative estimate of drug-likeness (QED) is 0.717. The van der Waals surface area contributed by atoms with Crippen molar-refractivity contribution in [3.8, 4) is 0 Å². The van der Waals surface area contributed by atoms with Gasteiger partial charge in [0.15, 0.2) is 0 Å². The second kappa shape index (κ2) is 3.48. The molecule has 82 valence electrons. The molecule has 1 aliphatic rings. The summed E-state index contributed by atoms with van der Waals surface area (Å²) in [6.07, 6.45) is 4.35. The molecule has 1 heterocycles. The van der Waals surface area contributed by atoms with Gasteiger partial charge in [-0.05, 0) is 49.8 Å². The molecule has 1 aliphatic carbocycles. The van der Waals surface area contributed by atoms with Gasteiger partial charge in [-0.15, -0.1) is 0 Å². The zero-order valence-electron chi connectivity index (χ0n) is 9.47. The topological polar surface area (TPSA) is 32.9 Å². The zero-order valence-corrected chi connectivity index (χ0v) is 9.47. The Morgan fingerprint density at radius 2 is 1.88 bits per heavy atom. The van der Waals surface area contributed by atoms with Crippen molar-refractivity contribution in [3.05, 3.63) is 45.2 Å².